The number of carbonyl (C=O) groups is 1. The van der Waals surface area contributed by atoms with E-state index >= 15 is 0 Å². The fourth-order valence-electron chi connectivity index (χ4n) is 3.06. The van der Waals surface area contributed by atoms with Gasteiger partial charge in [-0.25, -0.2) is 4.79 Å². The van der Waals surface area contributed by atoms with Gasteiger partial charge in [0.25, 0.3) is 0 Å². The van der Waals surface area contributed by atoms with Crippen LogP contribution in [-0.4, -0.2) is 12.3 Å². The van der Waals surface area contributed by atoms with Crippen molar-refractivity contribution in [1.29, 1.82) is 0 Å². The van der Waals surface area contributed by atoms with E-state index in [4.69, 9.17) is 4.74 Å². The number of hydrogen-bond acceptors (Lipinski definition) is 2. The highest BCUT2D eigenvalue weighted by Crippen LogP contribution is 2.55. The van der Waals surface area contributed by atoms with E-state index in [9.17, 15) is 4.79 Å². The van der Waals surface area contributed by atoms with E-state index in [1.807, 2.05) is 61.5 Å². The average molecular weight is 397 g/mol. The van der Waals surface area contributed by atoms with Crippen molar-refractivity contribution in [3.05, 3.63) is 103 Å². The second-order valence-corrected chi connectivity index (χ2v) is 9.34. The lowest BCUT2D eigenvalue weighted by Gasteiger charge is -2.26. The maximum Gasteiger partial charge on any atom is 0.333 e. The van der Waals surface area contributed by atoms with Gasteiger partial charge in [-0.3, -0.25) is 0 Å². The van der Waals surface area contributed by atoms with Crippen LogP contribution in [0, 0.1) is 0 Å². The summed E-state index contributed by atoms with van der Waals surface area (Å²) >= 11 is 0. The Hall–Kier alpha value is -2.41. The average Bonchev–Trinajstić information content (AvgIpc) is 2.71. The van der Waals surface area contributed by atoms with Crippen molar-refractivity contribution in [2.24, 2.45) is 0 Å². The van der Waals surface area contributed by atoms with E-state index in [2.05, 4.69) is 36.4 Å². The standard InChI is InChI=1S/C23H22O2P.ClH/c1-2-12-23(24)25-19-26(20-13-6-3-7-14-20,21-15-8-4-9-16-21)22-17-10-5-11-18-22;/h2-18H,19H2,1H3;1H/q+1;/p-1/b12-2+;. The highest BCUT2D eigenvalue weighted by atomic mass is 35.5. The van der Waals surface area contributed by atoms with Gasteiger partial charge in [-0.15, -0.1) is 0 Å². The molecule has 0 aliphatic heterocycles. The first-order chi connectivity index (χ1) is 12.8. The molecule has 0 bridgehead atoms. The molecule has 138 valence electrons. The van der Waals surface area contributed by atoms with Crippen LogP contribution in [0.2, 0.25) is 0 Å². The fourth-order valence-corrected chi connectivity index (χ4v) is 6.77. The van der Waals surface area contributed by atoms with Crippen molar-refractivity contribution >= 4 is 29.1 Å². The molecule has 0 radical (unpaired) electrons. The van der Waals surface area contributed by atoms with Crippen molar-refractivity contribution in [2.45, 2.75) is 6.92 Å². The lowest BCUT2D eigenvalue weighted by Crippen LogP contribution is -3.00. The van der Waals surface area contributed by atoms with Gasteiger partial charge in [-0.05, 0) is 43.3 Å². The third kappa shape index (κ3) is 4.66. The first-order valence-electron chi connectivity index (χ1n) is 8.62. The van der Waals surface area contributed by atoms with Gasteiger partial charge in [-0.2, -0.15) is 0 Å². The maximum absolute atomic E-state index is 12.1. The minimum atomic E-state index is -2.11. The molecule has 0 N–H and O–H groups in total. The summed E-state index contributed by atoms with van der Waals surface area (Å²) < 4.78 is 5.73. The third-order valence-corrected chi connectivity index (χ3v) is 8.35. The number of halogens is 1. The van der Waals surface area contributed by atoms with Gasteiger partial charge in [0.2, 0.25) is 6.35 Å². The Morgan fingerprint density at radius 1 is 0.778 bits per heavy atom. The molecule has 3 aromatic carbocycles. The predicted molar refractivity (Wildman–Crippen MR) is 111 cm³/mol. The zero-order chi connectivity index (χ0) is 18.2. The third-order valence-electron chi connectivity index (χ3n) is 4.29. The molecular formula is C23H22ClO2P. The largest absolute Gasteiger partial charge is 1.00 e. The van der Waals surface area contributed by atoms with E-state index in [0.717, 1.165) is 0 Å². The predicted octanol–water partition coefficient (Wildman–Crippen LogP) is 1.06. The molecule has 0 heterocycles. The van der Waals surface area contributed by atoms with Gasteiger partial charge in [0.15, 0.2) is 7.26 Å². The van der Waals surface area contributed by atoms with E-state index in [1.165, 1.54) is 22.0 Å². The molecule has 0 aliphatic rings. The summed E-state index contributed by atoms with van der Waals surface area (Å²) in [5.74, 6) is -0.306. The Morgan fingerprint density at radius 2 is 1.15 bits per heavy atom. The Bertz CT molecular complexity index is 768. The summed E-state index contributed by atoms with van der Waals surface area (Å²) in [5.41, 5.74) is 0. The zero-order valence-corrected chi connectivity index (χ0v) is 16.8. The van der Waals surface area contributed by atoms with E-state index in [0.29, 0.717) is 6.35 Å². The smallest absolute Gasteiger partial charge is 0.333 e. The van der Waals surface area contributed by atoms with E-state index in [-0.39, 0.29) is 18.4 Å². The second kappa shape index (κ2) is 10.1. The molecule has 3 aromatic rings. The highest BCUT2D eigenvalue weighted by molar-refractivity contribution is 7.95. The Morgan fingerprint density at radius 3 is 1.48 bits per heavy atom. The van der Waals surface area contributed by atoms with Crippen LogP contribution < -0.4 is 28.3 Å². The number of ether oxygens (including phenoxy) is 1. The molecule has 0 spiro atoms. The molecule has 0 atom stereocenters. The Balaban J connectivity index is 0.00000261. The molecule has 0 saturated heterocycles. The SMILES string of the molecule is C/C=C/C(=O)OC[P+](c1ccccc1)(c1ccccc1)c1ccccc1.[Cl-]. The molecule has 0 unspecified atom stereocenters. The Labute approximate surface area is 167 Å². The number of esters is 1. The number of benzene rings is 3. The zero-order valence-electron chi connectivity index (χ0n) is 15.2. The van der Waals surface area contributed by atoms with Gasteiger partial charge in [0.05, 0.1) is 0 Å². The number of rotatable bonds is 6. The normalized spacial score (nSPS) is 11.0. The van der Waals surface area contributed by atoms with Gasteiger partial charge in [0, 0.05) is 6.08 Å². The first-order valence-corrected chi connectivity index (χ1v) is 10.6. The van der Waals surface area contributed by atoms with Crippen LogP contribution in [0.3, 0.4) is 0 Å². The van der Waals surface area contributed by atoms with Gasteiger partial charge < -0.3 is 17.1 Å². The van der Waals surface area contributed by atoms with Gasteiger partial charge in [0.1, 0.15) is 15.9 Å². The van der Waals surface area contributed by atoms with E-state index < -0.39 is 7.26 Å². The lowest BCUT2D eigenvalue weighted by atomic mass is 10.4. The molecule has 0 aromatic heterocycles. The van der Waals surface area contributed by atoms with Crippen LogP contribution >= 0.6 is 7.26 Å². The van der Waals surface area contributed by atoms with Crippen LogP contribution in [0.4, 0.5) is 0 Å². The van der Waals surface area contributed by atoms with E-state index in [1.54, 1.807) is 6.08 Å². The number of hydrogen-bond donors (Lipinski definition) is 0. The van der Waals surface area contributed by atoms with Crippen molar-refractivity contribution < 1.29 is 21.9 Å². The highest BCUT2D eigenvalue weighted by Gasteiger charge is 2.46. The molecule has 0 fully saturated rings. The van der Waals surface area contributed by atoms with Gasteiger partial charge in [-0.1, -0.05) is 60.7 Å². The lowest BCUT2D eigenvalue weighted by molar-refractivity contribution is -0.135. The summed E-state index contributed by atoms with van der Waals surface area (Å²) in [6.45, 7) is 1.81. The summed E-state index contributed by atoms with van der Waals surface area (Å²) in [4.78, 5) is 12.1. The van der Waals surface area contributed by atoms with Crippen molar-refractivity contribution in [1.82, 2.24) is 0 Å². The van der Waals surface area contributed by atoms with Crippen molar-refractivity contribution in [2.75, 3.05) is 6.35 Å². The fraction of sp³-hybridized carbons (Fsp3) is 0.0870. The topological polar surface area (TPSA) is 26.3 Å². The van der Waals surface area contributed by atoms with Crippen molar-refractivity contribution in [3.63, 3.8) is 0 Å². The quantitative estimate of drug-likeness (QED) is 0.354. The first kappa shape index (κ1) is 20.9. The maximum atomic E-state index is 12.1. The molecule has 2 nitrogen and oxygen atoms in total. The van der Waals surface area contributed by atoms with Crippen LogP contribution in [0.5, 0.6) is 0 Å². The molecule has 4 heteroatoms. The van der Waals surface area contributed by atoms with Crippen LogP contribution in [0.15, 0.2) is 103 Å². The monoisotopic (exact) mass is 396 g/mol. The Kier molecular flexibility index (Phi) is 7.79. The summed E-state index contributed by atoms with van der Waals surface area (Å²) in [5, 5.41) is 3.60. The van der Waals surface area contributed by atoms with Crippen molar-refractivity contribution in [3.8, 4) is 0 Å². The summed E-state index contributed by atoms with van der Waals surface area (Å²) in [6, 6.07) is 31.1. The molecule has 3 rings (SSSR count). The van der Waals surface area contributed by atoms with Crippen LogP contribution in [-0.2, 0) is 9.53 Å². The summed E-state index contributed by atoms with van der Waals surface area (Å²) in [7, 11) is -2.11. The molecule has 27 heavy (non-hydrogen) atoms. The molecular weight excluding hydrogens is 375 g/mol. The molecule has 0 amide bonds. The summed E-state index contributed by atoms with van der Waals surface area (Å²) in [6.07, 6.45) is 3.51. The number of allylic oxidation sites excluding steroid dienone is 1. The van der Waals surface area contributed by atoms with Crippen LogP contribution in [0.1, 0.15) is 6.92 Å². The van der Waals surface area contributed by atoms with Gasteiger partial charge >= 0.3 is 5.97 Å². The molecule has 0 saturated carbocycles. The minimum absolute atomic E-state index is 0. The molecule has 0 aliphatic carbocycles. The second-order valence-electron chi connectivity index (χ2n) is 5.91. The van der Waals surface area contributed by atoms with Crippen LogP contribution in [0.25, 0.3) is 0 Å². The number of carbonyl (C=O) groups excluding carboxylic acids is 1. The minimum Gasteiger partial charge on any atom is -1.00 e.